The number of aliphatic hydroxyl groups excluding tert-OH is 1. The molecule has 1 heterocycles. The topological polar surface area (TPSA) is 38.0 Å². The molecule has 0 amide bonds. The maximum absolute atomic E-state index is 12.9. The van der Waals surface area contributed by atoms with E-state index in [1.54, 1.807) is 7.05 Å². The monoisotopic (exact) mass is 274 g/mol. The van der Waals surface area contributed by atoms with Crippen LogP contribution in [0.15, 0.2) is 30.5 Å². The van der Waals surface area contributed by atoms with Crippen LogP contribution in [0.1, 0.15) is 22.9 Å². The number of nitrogens with zero attached hydrogens (tertiary/aromatic N) is 2. The molecule has 3 nitrogen and oxygen atoms in total. The number of hydrogen-bond acceptors (Lipinski definition) is 2. The Balaban J connectivity index is 2.50. The van der Waals surface area contributed by atoms with E-state index in [9.17, 15) is 22.7 Å². The van der Waals surface area contributed by atoms with Crippen molar-refractivity contribution >= 4 is 0 Å². The molecule has 0 saturated carbocycles. The smallest absolute Gasteiger partial charge is 0.382 e. The number of hydrogen-bond donors (Lipinski definition) is 1. The molecule has 0 bridgehead atoms. The lowest BCUT2D eigenvalue weighted by Crippen LogP contribution is -2.13. The summed E-state index contributed by atoms with van der Waals surface area (Å²) in [5.41, 5.74) is -1.56. The van der Waals surface area contributed by atoms with Crippen molar-refractivity contribution in [3.8, 4) is 0 Å². The van der Waals surface area contributed by atoms with E-state index < -0.39 is 29.2 Å². The van der Waals surface area contributed by atoms with Gasteiger partial charge in [-0.3, -0.25) is 4.68 Å². The van der Waals surface area contributed by atoms with Gasteiger partial charge in [0.25, 0.3) is 0 Å². The summed E-state index contributed by atoms with van der Waals surface area (Å²) < 4.78 is 52.7. The minimum Gasteiger partial charge on any atom is -0.382 e. The van der Waals surface area contributed by atoms with Crippen molar-refractivity contribution < 1.29 is 22.7 Å². The van der Waals surface area contributed by atoms with Gasteiger partial charge in [-0.25, -0.2) is 4.39 Å². The van der Waals surface area contributed by atoms with E-state index in [-0.39, 0.29) is 5.69 Å². The van der Waals surface area contributed by atoms with Crippen molar-refractivity contribution in [3.05, 3.63) is 53.1 Å². The van der Waals surface area contributed by atoms with Gasteiger partial charge in [-0.1, -0.05) is 6.07 Å². The van der Waals surface area contributed by atoms with Crippen LogP contribution in [0.3, 0.4) is 0 Å². The largest absolute Gasteiger partial charge is 0.416 e. The SMILES string of the molecule is Cn1ccc(C(O)c2ccc(F)cc2C(F)(F)F)n1. The highest BCUT2D eigenvalue weighted by atomic mass is 19.4. The van der Waals surface area contributed by atoms with Crippen LogP contribution >= 0.6 is 0 Å². The first-order valence-corrected chi connectivity index (χ1v) is 5.33. The summed E-state index contributed by atoms with van der Waals surface area (Å²) in [4.78, 5) is 0. The van der Waals surface area contributed by atoms with Crippen molar-refractivity contribution in [3.63, 3.8) is 0 Å². The second-order valence-electron chi connectivity index (χ2n) is 4.05. The van der Waals surface area contributed by atoms with Crippen molar-refractivity contribution in [2.75, 3.05) is 0 Å². The molecule has 1 aromatic heterocycles. The summed E-state index contributed by atoms with van der Waals surface area (Å²) in [5.74, 6) is -1.01. The Labute approximate surface area is 106 Å². The number of halogens is 4. The van der Waals surface area contributed by atoms with Gasteiger partial charge in [0.15, 0.2) is 0 Å². The maximum Gasteiger partial charge on any atom is 0.416 e. The summed E-state index contributed by atoms with van der Waals surface area (Å²) in [6.07, 6.45) is -4.80. The molecule has 102 valence electrons. The second kappa shape index (κ2) is 4.65. The standard InChI is InChI=1S/C12H10F4N2O/c1-18-5-4-10(17-18)11(19)8-3-2-7(13)6-9(8)12(14,15)16/h2-6,11,19H,1H3. The predicted molar refractivity (Wildman–Crippen MR) is 58.7 cm³/mol. The molecule has 19 heavy (non-hydrogen) atoms. The van der Waals surface area contributed by atoms with E-state index in [1.165, 1.54) is 16.9 Å². The quantitative estimate of drug-likeness (QED) is 0.855. The number of alkyl halides is 3. The van der Waals surface area contributed by atoms with E-state index in [1.807, 2.05) is 0 Å². The van der Waals surface area contributed by atoms with Crippen LogP contribution in [-0.2, 0) is 13.2 Å². The third-order valence-electron chi connectivity index (χ3n) is 2.63. The highest BCUT2D eigenvalue weighted by molar-refractivity contribution is 5.35. The van der Waals surface area contributed by atoms with Gasteiger partial charge in [-0.2, -0.15) is 18.3 Å². The fourth-order valence-electron chi connectivity index (χ4n) is 1.75. The average molecular weight is 274 g/mol. The molecule has 0 aliphatic rings. The number of rotatable bonds is 2. The molecular weight excluding hydrogens is 264 g/mol. The fourth-order valence-corrected chi connectivity index (χ4v) is 1.75. The van der Waals surface area contributed by atoms with E-state index in [0.717, 1.165) is 12.1 Å². The Morgan fingerprint density at radius 1 is 1.26 bits per heavy atom. The Hall–Kier alpha value is -1.89. The zero-order chi connectivity index (χ0) is 14.2. The molecule has 0 aliphatic carbocycles. The number of aliphatic hydroxyl groups is 1. The van der Waals surface area contributed by atoms with E-state index in [0.29, 0.717) is 6.07 Å². The minimum atomic E-state index is -4.74. The summed E-state index contributed by atoms with van der Waals surface area (Å²) in [6, 6.07) is 3.55. The van der Waals surface area contributed by atoms with Gasteiger partial charge in [-0.15, -0.1) is 0 Å². The molecular formula is C12H10F4N2O. The Morgan fingerprint density at radius 2 is 1.95 bits per heavy atom. The van der Waals surface area contributed by atoms with Crippen molar-refractivity contribution in [1.82, 2.24) is 9.78 Å². The molecule has 0 spiro atoms. The molecule has 2 rings (SSSR count). The van der Waals surface area contributed by atoms with E-state index in [4.69, 9.17) is 0 Å². The van der Waals surface area contributed by atoms with Crippen LogP contribution in [0, 0.1) is 5.82 Å². The zero-order valence-corrected chi connectivity index (χ0v) is 9.82. The molecule has 0 fully saturated rings. The average Bonchev–Trinajstić information content (AvgIpc) is 2.74. The number of benzene rings is 1. The normalized spacial score (nSPS) is 13.6. The summed E-state index contributed by atoms with van der Waals surface area (Å²) >= 11 is 0. The van der Waals surface area contributed by atoms with Crippen LogP contribution in [0.2, 0.25) is 0 Å². The molecule has 1 N–H and O–H groups in total. The molecule has 7 heteroatoms. The van der Waals surface area contributed by atoms with Crippen molar-refractivity contribution in [2.45, 2.75) is 12.3 Å². The van der Waals surface area contributed by atoms with Crippen LogP contribution < -0.4 is 0 Å². The van der Waals surface area contributed by atoms with Crippen LogP contribution in [0.5, 0.6) is 0 Å². The van der Waals surface area contributed by atoms with Crippen LogP contribution in [0.4, 0.5) is 17.6 Å². The second-order valence-corrected chi connectivity index (χ2v) is 4.05. The van der Waals surface area contributed by atoms with E-state index >= 15 is 0 Å². The number of aryl methyl sites for hydroxylation is 1. The van der Waals surface area contributed by atoms with Gasteiger partial charge in [0.1, 0.15) is 11.9 Å². The lowest BCUT2D eigenvalue weighted by molar-refractivity contribution is -0.139. The lowest BCUT2D eigenvalue weighted by Gasteiger charge is -2.16. The van der Waals surface area contributed by atoms with Crippen molar-refractivity contribution in [1.29, 1.82) is 0 Å². The molecule has 0 aliphatic heterocycles. The van der Waals surface area contributed by atoms with E-state index in [2.05, 4.69) is 5.10 Å². The molecule has 1 atom stereocenters. The fraction of sp³-hybridized carbons (Fsp3) is 0.250. The van der Waals surface area contributed by atoms with Crippen LogP contribution in [0.25, 0.3) is 0 Å². The Morgan fingerprint density at radius 3 is 2.47 bits per heavy atom. The Bertz CT molecular complexity index is 592. The van der Waals surface area contributed by atoms with Gasteiger partial charge in [0.05, 0.1) is 11.3 Å². The third-order valence-corrected chi connectivity index (χ3v) is 2.63. The minimum absolute atomic E-state index is 0.0691. The van der Waals surface area contributed by atoms with Crippen molar-refractivity contribution in [2.24, 2.45) is 7.05 Å². The summed E-state index contributed by atoms with van der Waals surface area (Å²) in [5, 5.41) is 13.8. The molecule has 1 unspecified atom stereocenters. The first kappa shape index (κ1) is 13.5. The maximum atomic E-state index is 12.9. The molecule has 0 saturated heterocycles. The highest BCUT2D eigenvalue weighted by Gasteiger charge is 2.36. The van der Waals surface area contributed by atoms with Crippen LogP contribution in [-0.4, -0.2) is 14.9 Å². The zero-order valence-electron chi connectivity index (χ0n) is 9.82. The molecule has 2 aromatic rings. The lowest BCUT2D eigenvalue weighted by atomic mass is 9.99. The van der Waals surface area contributed by atoms with Gasteiger partial charge in [0.2, 0.25) is 0 Å². The first-order chi connectivity index (χ1) is 8.79. The summed E-state index contributed by atoms with van der Waals surface area (Å²) in [6.45, 7) is 0. The third kappa shape index (κ3) is 2.76. The van der Waals surface area contributed by atoms with Gasteiger partial charge >= 0.3 is 6.18 Å². The summed E-state index contributed by atoms with van der Waals surface area (Å²) in [7, 11) is 1.57. The predicted octanol–water partition coefficient (Wildman–Crippen LogP) is 2.66. The first-order valence-electron chi connectivity index (χ1n) is 5.33. The van der Waals surface area contributed by atoms with Gasteiger partial charge < -0.3 is 5.11 Å². The van der Waals surface area contributed by atoms with Gasteiger partial charge in [0, 0.05) is 13.2 Å². The highest BCUT2D eigenvalue weighted by Crippen LogP contribution is 2.36. The van der Waals surface area contributed by atoms with Gasteiger partial charge in [-0.05, 0) is 23.8 Å². The Kier molecular flexibility index (Phi) is 3.32. The number of aromatic nitrogens is 2. The molecule has 1 aromatic carbocycles. The molecule has 0 radical (unpaired) electrons.